The fraction of sp³-hybridized carbons (Fsp3) is 0.400. The first-order valence-electron chi connectivity index (χ1n) is 11.1. The average molecular weight is 459 g/mol. The van der Waals surface area contributed by atoms with E-state index in [2.05, 4.69) is 4.98 Å². The third kappa shape index (κ3) is 4.65. The van der Waals surface area contributed by atoms with E-state index in [0.717, 1.165) is 53.9 Å². The van der Waals surface area contributed by atoms with Crippen molar-refractivity contribution in [1.29, 1.82) is 0 Å². The monoisotopic (exact) mass is 459 g/mol. The highest BCUT2D eigenvalue weighted by molar-refractivity contribution is 5.87. The van der Waals surface area contributed by atoms with Crippen LogP contribution in [0, 0.1) is 5.92 Å². The van der Waals surface area contributed by atoms with Crippen LogP contribution in [0.2, 0.25) is 0 Å². The Morgan fingerprint density at radius 3 is 2.64 bits per heavy atom. The number of aromatic amines is 1. The van der Waals surface area contributed by atoms with Crippen molar-refractivity contribution >= 4 is 16.9 Å². The number of rotatable bonds is 8. The number of aryl methyl sites for hydroxylation is 1. The number of carboxylic acid groups (broad SMARTS) is 1. The second-order valence-electron chi connectivity index (χ2n) is 8.93. The first kappa shape index (κ1) is 21.7. The molecule has 1 fully saturated rings. The first-order chi connectivity index (χ1) is 15.8. The number of aromatic nitrogens is 1. The molecule has 1 aromatic heterocycles. The minimum Gasteiger partial charge on any atom is -0.493 e. The maximum Gasteiger partial charge on any atom is 0.419 e. The molecule has 0 saturated heterocycles. The second-order valence-corrected chi connectivity index (χ2v) is 8.93. The molecule has 3 aromatic rings. The number of ether oxygens (including phenoxy) is 2. The van der Waals surface area contributed by atoms with Gasteiger partial charge in [-0.15, -0.1) is 0 Å². The molecule has 0 radical (unpaired) electrons. The lowest BCUT2D eigenvalue weighted by atomic mass is 10.0. The highest BCUT2D eigenvalue weighted by atomic mass is 19.4. The maximum atomic E-state index is 13.5. The zero-order chi connectivity index (χ0) is 23.2. The largest absolute Gasteiger partial charge is 0.493 e. The molecule has 1 saturated carbocycles. The summed E-state index contributed by atoms with van der Waals surface area (Å²) >= 11 is 0. The molecule has 174 valence electrons. The van der Waals surface area contributed by atoms with Crippen molar-refractivity contribution < 1.29 is 32.5 Å². The normalized spacial score (nSPS) is 17.8. The minimum atomic E-state index is -4.51. The van der Waals surface area contributed by atoms with Gasteiger partial charge in [-0.1, -0.05) is 6.07 Å². The molecule has 33 heavy (non-hydrogen) atoms. The van der Waals surface area contributed by atoms with Crippen LogP contribution >= 0.6 is 0 Å². The van der Waals surface area contributed by atoms with Gasteiger partial charge in [-0.25, -0.2) is 0 Å². The highest BCUT2D eigenvalue weighted by Gasteiger charge is 2.35. The minimum absolute atomic E-state index is 0.00819. The van der Waals surface area contributed by atoms with E-state index in [9.17, 15) is 18.0 Å². The molecule has 2 aliphatic rings. The number of carbonyl (C=O) groups is 1. The predicted octanol–water partition coefficient (Wildman–Crippen LogP) is 6.06. The van der Waals surface area contributed by atoms with Crippen LogP contribution in [0.3, 0.4) is 0 Å². The molecule has 1 heterocycles. The molecular weight excluding hydrogens is 435 g/mol. The van der Waals surface area contributed by atoms with E-state index in [1.807, 2.05) is 12.1 Å². The Kier molecular flexibility index (Phi) is 5.46. The molecule has 1 unspecified atom stereocenters. The number of aliphatic carboxylic acids is 1. The van der Waals surface area contributed by atoms with Gasteiger partial charge in [0.2, 0.25) is 0 Å². The van der Waals surface area contributed by atoms with Crippen LogP contribution < -0.4 is 9.47 Å². The summed E-state index contributed by atoms with van der Waals surface area (Å²) < 4.78 is 51.9. The molecule has 8 heteroatoms. The Hall–Kier alpha value is -3.16. The van der Waals surface area contributed by atoms with E-state index < -0.39 is 17.7 Å². The van der Waals surface area contributed by atoms with Gasteiger partial charge in [0.25, 0.3) is 0 Å². The Morgan fingerprint density at radius 2 is 1.91 bits per heavy atom. The topological polar surface area (TPSA) is 71.5 Å². The maximum absolute atomic E-state index is 13.5. The van der Waals surface area contributed by atoms with Crippen molar-refractivity contribution in [3.63, 3.8) is 0 Å². The van der Waals surface area contributed by atoms with Crippen LogP contribution in [0.4, 0.5) is 13.2 Å². The van der Waals surface area contributed by atoms with Gasteiger partial charge in [-0.2, -0.15) is 13.2 Å². The molecule has 5 nitrogen and oxygen atoms in total. The third-order valence-corrected chi connectivity index (χ3v) is 6.41. The van der Waals surface area contributed by atoms with Crippen molar-refractivity contribution in [3.8, 4) is 11.5 Å². The second kappa shape index (κ2) is 8.32. The molecule has 0 bridgehead atoms. The van der Waals surface area contributed by atoms with Gasteiger partial charge in [-0.3, -0.25) is 4.79 Å². The van der Waals surface area contributed by atoms with Gasteiger partial charge in [-0.05, 0) is 73.1 Å². The quantitative estimate of drug-likeness (QED) is 0.430. The summed E-state index contributed by atoms with van der Waals surface area (Å²) in [6, 6.07) is 9.54. The van der Waals surface area contributed by atoms with Crippen molar-refractivity contribution in [3.05, 3.63) is 58.8 Å². The van der Waals surface area contributed by atoms with Gasteiger partial charge < -0.3 is 19.6 Å². The summed E-state index contributed by atoms with van der Waals surface area (Å²) in [6.07, 6.45) is -0.848. The number of carboxylic acids is 1. The summed E-state index contributed by atoms with van der Waals surface area (Å²) in [7, 11) is 0. The number of hydrogen-bond donors (Lipinski definition) is 2. The molecule has 5 rings (SSSR count). The standard InChI is InChI=1S/C25H24F3NO4/c26-25(27,28)20-9-15(3-8-22(20)33-12-14-1-2-14)13-32-17-5-7-21-19(11-17)18-6-4-16(10-23(30)31)24(18)29-21/h3,5,7-9,11,14,16,29H,1-2,4,6,10,12-13H2,(H,30,31). The van der Waals surface area contributed by atoms with Crippen LogP contribution in [-0.2, 0) is 24.0 Å². The van der Waals surface area contributed by atoms with Crippen LogP contribution in [0.25, 0.3) is 10.9 Å². The van der Waals surface area contributed by atoms with E-state index >= 15 is 0 Å². The summed E-state index contributed by atoms with van der Waals surface area (Å²) in [5.74, 6) is -0.0845. The number of fused-ring (bicyclic) bond motifs is 3. The van der Waals surface area contributed by atoms with Crippen molar-refractivity contribution in [2.24, 2.45) is 5.92 Å². The van der Waals surface area contributed by atoms with Crippen molar-refractivity contribution in [2.45, 2.75) is 50.8 Å². The molecule has 2 aliphatic carbocycles. The molecule has 0 aliphatic heterocycles. The number of nitrogens with one attached hydrogen (secondary N) is 1. The SMILES string of the molecule is O=C(O)CC1CCc2c1[nH]c1ccc(OCc3ccc(OCC4CC4)c(C(F)(F)F)c3)cc21. The van der Waals surface area contributed by atoms with E-state index in [4.69, 9.17) is 14.6 Å². The lowest BCUT2D eigenvalue weighted by molar-refractivity contribution is -0.139. The Labute approximate surface area is 188 Å². The smallest absolute Gasteiger partial charge is 0.419 e. The molecular formula is C25H24F3NO4. The van der Waals surface area contributed by atoms with Crippen LogP contribution in [0.5, 0.6) is 11.5 Å². The summed E-state index contributed by atoms with van der Waals surface area (Å²) in [6.45, 7) is 0.305. The third-order valence-electron chi connectivity index (χ3n) is 6.41. The average Bonchev–Trinajstić information content (AvgIpc) is 3.42. The predicted molar refractivity (Wildman–Crippen MR) is 116 cm³/mol. The number of H-pyrrole nitrogens is 1. The highest BCUT2D eigenvalue weighted by Crippen LogP contribution is 2.41. The Morgan fingerprint density at radius 1 is 1.09 bits per heavy atom. The number of benzene rings is 2. The molecule has 0 amide bonds. The van der Waals surface area contributed by atoms with Gasteiger partial charge >= 0.3 is 12.1 Å². The molecule has 2 N–H and O–H groups in total. The van der Waals surface area contributed by atoms with E-state index in [0.29, 0.717) is 23.8 Å². The molecule has 2 aromatic carbocycles. The summed E-state index contributed by atoms with van der Waals surface area (Å²) in [5, 5.41) is 10.1. The van der Waals surface area contributed by atoms with Crippen molar-refractivity contribution in [2.75, 3.05) is 6.61 Å². The van der Waals surface area contributed by atoms with Gasteiger partial charge in [0.1, 0.15) is 18.1 Å². The lowest BCUT2D eigenvalue weighted by Gasteiger charge is -2.15. The Bertz CT molecular complexity index is 1200. The van der Waals surface area contributed by atoms with E-state index in [1.165, 1.54) is 6.07 Å². The van der Waals surface area contributed by atoms with E-state index in [1.54, 1.807) is 12.1 Å². The van der Waals surface area contributed by atoms with Crippen LogP contribution in [-0.4, -0.2) is 22.7 Å². The first-order valence-corrected chi connectivity index (χ1v) is 11.1. The van der Waals surface area contributed by atoms with Gasteiger partial charge in [0.05, 0.1) is 18.6 Å². The fourth-order valence-corrected chi connectivity index (χ4v) is 4.51. The van der Waals surface area contributed by atoms with Gasteiger partial charge in [0.15, 0.2) is 0 Å². The fourth-order valence-electron chi connectivity index (χ4n) is 4.51. The zero-order valence-corrected chi connectivity index (χ0v) is 17.9. The van der Waals surface area contributed by atoms with E-state index in [-0.39, 0.29) is 24.7 Å². The Balaban J connectivity index is 1.32. The number of hydrogen-bond acceptors (Lipinski definition) is 3. The zero-order valence-electron chi connectivity index (χ0n) is 17.9. The number of halogens is 3. The number of alkyl halides is 3. The lowest BCUT2D eigenvalue weighted by Crippen LogP contribution is -2.11. The van der Waals surface area contributed by atoms with Crippen LogP contribution in [0.15, 0.2) is 36.4 Å². The van der Waals surface area contributed by atoms with Crippen molar-refractivity contribution in [1.82, 2.24) is 4.98 Å². The van der Waals surface area contributed by atoms with Crippen LogP contribution in [0.1, 0.15) is 54.0 Å². The van der Waals surface area contributed by atoms with Gasteiger partial charge in [0, 0.05) is 22.5 Å². The molecule has 1 atom stereocenters. The summed E-state index contributed by atoms with van der Waals surface area (Å²) in [4.78, 5) is 14.4. The molecule has 0 spiro atoms. The summed E-state index contributed by atoms with van der Waals surface area (Å²) in [5.41, 5.74) is 2.58.